The molecule has 3 heteroatoms. The highest BCUT2D eigenvalue weighted by atomic mass is 14.9. The number of aromatic nitrogens is 1. The zero-order chi connectivity index (χ0) is 36.4. The van der Waals surface area contributed by atoms with Crippen LogP contribution in [0.4, 0.5) is 5.69 Å². The predicted molar refractivity (Wildman–Crippen MR) is 225 cm³/mol. The zero-order valence-corrected chi connectivity index (χ0v) is 29.9. The van der Waals surface area contributed by atoms with Crippen LogP contribution in [0.15, 0.2) is 188 Å². The Bertz CT molecular complexity index is 2880. The van der Waals surface area contributed by atoms with E-state index in [1.165, 1.54) is 66.3 Å². The summed E-state index contributed by atoms with van der Waals surface area (Å²) in [4.78, 5) is 0. The van der Waals surface area contributed by atoms with Crippen molar-refractivity contribution < 1.29 is 0 Å². The normalized spacial score (nSPS) is 13.2. The van der Waals surface area contributed by atoms with Crippen molar-refractivity contribution in [3.8, 4) is 33.4 Å². The summed E-state index contributed by atoms with van der Waals surface area (Å²) in [7, 11) is 2.16. The molecule has 0 radical (unpaired) electrons. The first-order valence-corrected chi connectivity index (χ1v) is 18.5. The van der Waals surface area contributed by atoms with Crippen LogP contribution in [-0.4, -0.2) is 10.3 Å². The summed E-state index contributed by atoms with van der Waals surface area (Å²) in [6.45, 7) is 0. The van der Waals surface area contributed by atoms with Crippen LogP contribution in [0.1, 0.15) is 33.4 Å². The summed E-state index contributed by atoms with van der Waals surface area (Å²) in [6, 6.07) is 67.4. The number of anilines is 1. The van der Waals surface area contributed by atoms with E-state index in [2.05, 4.69) is 157 Å². The number of rotatable bonds is 3. The molecular weight excluding hydrogens is 655 g/mol. The van der Waals surface area contributed by atoms with Crippen LogP contribution in [0.3, 0.4) is 0 Å². The van der Waals surface area contributed by atoms with Gasteiger partial charge in [0.1, 0.15) is 0 Å². The van der Waals surface area contributed by atoms with Gasteiger partial charge in [-0.15, -0.1) is 0 Å². The molecule has 0 saturated carbocycles. The summed E-state index contributed by atoms with van der Waals surface area (Å²) >= 11 is 0. The monoisotopic (exact) mass is 691 g/mol. The smallest absolute Gasteiger partial charge is 0.0717 e. The Labute approximate surface area is 315 Å². The van der Waals surface area contributed by atoms with Gasteiger partial charge in [0.05, 0.1) is 11.1 Å². The molecule has 0 unspecified atom stereocenters. The average molecular weight is 692 g/mol. The van der Waals surface area contributed by atoms with Gasteiger partial charge in [0.15, 0.2) is 0 Å². The highest BCUT2D eigenvalue weighted by Gasteiger charge is 2.46. The number of nitrogens with two attached hydrogens (primary N) is 1. The third-order valence-corrected chi connectivity index (χ3v) is 11.5. The van der Waals surface area contributed by atoms with Gasteiger partial charge in [-0.25, -0.2) is 0 Å². The molecular formula is C51H37N3. The minimum absolute atomic E-state index is 0.381. The SMILES string of the molecule is Cn1c2ccccc2c2cc(-c3ccc4c(c3)C(c3ccccc3)(c3ccccc3)c3ccccc3-4)ccc21.N=C1c2ccccc2-c2cccc(N)c21. The standard InChI is InChI=1S/C38H27N.C13H10N2/c1-39-36-19-11-9-17-32(36)33-24-26(21-23-37(33)39)27-20-22-31-30-16-8-10-18-34(30)38(35(31)25-27,28-12-4-2-5-13-28)29-14-6-3-7-15-29;14-11-7-3-6-9-8-4-1-2-5-10(8)13(15)12(9)11/h2-25H,1H3;1-7,15H,14H2. The predicted octanol–water partition coefficient (Wildman–Crippen LogP) is 12.0. The van der Waals surface area contributed by atoms with Crippen LogP contribution in [0.25, 0.3) is 55.2 Å². The van der Waals surface area contributed by atoms with Crippen molar-refractivity contribution in [1.29, 1.82) is 5.41 Å². The molecule has 1 aromatic heterocycles. The molecule has 54 heavy (non-hydrogen) atoms. The third-order valence-electron chi connectivity index (χ3n) is 11.5. The second kappa shape index (κ2) is 12.3. The molecule has 256 valence electrons. The number of nitrogens with zero attached hydrogens (tertiary/aromatic N) is 1. The van der Waals surface area contributed by atoms with Crippen LogP contribution in [0, 0.1) is 5.41 Å². The molecule has 3 N–H and O–H groups in total. The number of hydrogen-bond acceptors (Lipinski definition) is 2. The van der Waals surface area contributed by atoms with E-state index in [-0.39, 0.29) is 5.41 Å². The number of nitrogen functional groups attached to an aromatic ring is 1. The van der Waals surface area contributed by atoms with Crippen molar-refractivity contribution in [2.75, 3.05) is 5.73 Å². The number of para-hydroxylation sites is 1. The maximum Gasteiger partial charge on any atom is 0.0717 e. The molecule has 0 saturated heterocycles. The minimum Gasteiger partial charge on any atom is -0.398 e. The molecule has 0 aliphatic heterocycles. The van der Waals surface area contributed by atoms with Gasteiger partial charge in [-0.1, -0.05) is 158 Å². The summed E-state index contributed by atoms with van der Waals surface area (Å²) in [5, 5.41) is 10.7. The van der Waals surface area contributed by atoms with E-state index in [0.717, 1.165) is 22.3 Å². The summed E-state index contributed by atoms with van der Waals surface area (Å²) < 4.78 is 2.30. The molecule has 0 spiro atoms. The highest BCUT2D eigenvalue weighted by Crippen LogP contribution is 2.56. The van der Waals surface area contributed by atoms with E-state index in [1.807, 2.05) is 42.5 Å². The summed E-state index contributed by atoms with van der Waals surface area (Å²) in [5.74, 6) is 0. The molecule has 0 atom stereocenters. The Morgan fingerprint density at radius 1 is 0.444 bits per heavy atom. The fraction of sp³-hybridized carbons (Fsp3) is 0.0392. The zero-order valence-electron chi connectivity index (χ0n) is 29.9. The van der Waals surface area contributed by atoms with E-state index in [9.17, 15) is 0 Å². The van der Waals surface area contributed by atoms with Gasteiger partial charge in [0, 0.05) is 45.7 Å². The first-order chi connectivity index (χ1) is 26.6. The average Bonchev–Trinajstić information content (AvgIpc) is 3.82. The molecule has 2 aliphatic carbocycles. The summed E-state index contributed by atoms with van der Waals surface area (Å²) in [6.07, 6.45) is 0. The lowest BCUT2D eigenvalue weighted by atomic mass is 9.67. The largest absolute Gasteiger partial charge is 0.398 e. The molecule has 8 aromatic carbocycles. The Morgan fingerprint density at radius 2 is 1.00 bits per heavy atom. The molecule has 3 nitrogen and oxygen atoms in total. The lowest BCUT2D eigenvalue weighted by Gasteiger charge is -2.34. The molecule has 2 aliphatic rings. The molecule has 11 rings (SSSR count). The number of benzene rings is 8. The lowest BCUT2D eigenvalue weighted by Crippen LogP contribution is -2.28. The molecule has 9 aromatic rings. The topological polar surface area (TPSA) is 54.8 Å². The Morgan fingerprint density at radius 3 is 1.76 bits per heavy atom. The second-order valence-corrected chi connectivity index (χ2v) is 14.3. The van der Waals surface area contributed by atoms with Crippen molar-refractivity contribution in [1.82, 2.24) is 4.57 Å². The number of aryl methyl sites for hydroxylation is 1. The number of hydrogen-bond donors (Lipinski definition) is 2. The fourth-order valence-corrected chi connectivity index (χ4v) is 9.12. The fourth-order valence-electron chi connectivity index (χ4n) is 9.12. The van der Waals surface area contributed by atoms with Gasteiger partial charge >= 0.3 is 0 Å². The molecule has 0 fully saturated rings. The Balaban J connectivity index is 0.000000201. The molecule has 0 bridgehead atoms. The van der Waals surface area contributed by atoms with Gasteiger partial charge in [-0.2, -0.15) is 0 Å². The maximum atomic E-state index is 8.07. The number of fused-ring (bicyclic) bond motifs is 9. The lowest BCUT2D eigenvalue weighted by molar-refractivity contribution is 0.769. The third kappa shape index (κ3) is 4.58. The first-order valence-electron chi connectivity index (χ1n) is 18.5. The van der Waals surface area contributed by atoms with Crippen molar-refractivity contribution in [2.24, 2.45) is 7.05 Å². The van der Waals surface area contributed by atoms with Gasteiger partial charge in [-0.05, 0) is 86.0 Å². The van der Waals surface area contributed by atoms with E-state index in [4.69, 9.17) is 11.1 Å². The van der Waals surface area contributed by atoms with Crippen LogP contribution in [0.5, 0.6) is 0 Å². The van der Waals surface area contributed by atoms with Crippen molar-refractivity contribution in [3.05, 3.63) is 221 Å². The Hall–Kier alpha value is -6.97. The van der Waals surface area contributed by atoms with E-state index < -0.39 is 0 Å². The summed E-state index contributed by atoms with van der Waals surface area (Å²) in [5.41, 5.74) is 23.7. The van der Waals surface area contributed by atoms with Crippen LogP contribution >= 0.6 is 0 Å². The van der Waals surface area contributed by atoms with Crippen LogP contribution < -0.4 is 5.73 Å². The quantitative estimate of drug-likeness (QED) is 0.178. The van der Waals surface area contributed by atoms with E-state index >= 15 is 0 Å². The molecule has 0 amide bonds. The van der Waals surface area contributed by atoms with E-state index in [1.54, 1.807) is 0 Å². The number of nitrogens with one attached hydrogen (secondary N) is 1. The van der Waals surface area contributed by atoms with Crippen molar-refractivity contribution >= 4 is 33.2 Å². The van der Waals surface area contributed by atoms with Crippen LogP contribution in [0.2, 0.25) is 0 Å². The van der Waals surface area contributed by atoms with Crippen LogP contribution in [-0.2, 0) is 12.5 Å². The first kappa shape index (κ1) is 31.7. The molecule has 1 heterocycles. The van der Waals surface area contributed by atoms with Gasteiger partial charge in [-0.3, -0.25) is 5.41 Å². The Kier molecular flexibility index (Phi) is 7.24. The van der Waals surface area contributed by atoms with Crippen molar-refractivity contribution in [3.63, 3.8) is 0 Å². The van der Waals surface area contributed by atoms with E-state index in [0.29, 0.717) is 11.4 Å². The maximum absolute atomic E-state index is 8.07. The van der Waals surface area contributed by atoms with Gasteiger partial charge < -0.3 is 10.3 Å². The minimum atomic E-state index is -0.381. The highest BCUT2D eigenvalue weighted by molar-refractivity contribution is 6.25. The van der Waals surface area contributed by atoms with Gasteiger partial charge in [0.2, 0.25) is 0 Å². The second-order valence-electron chi connectivity index (χ2n) is 14.3. The van der Waals surface area contributed by atoms with Gasteiger partial charge in [0.25, 0.3) is 0 Å². The van der Waals surface area contributed by atoms with Crippen molar-refractivity contribution in [2.45, 2.75) is 5.41 Å².